The largest absolute Gasteiger partial charge is 0.490 e. The highest BCUT2D eigenvalue weighted by Crippen LogP contribution is 2.23. The number of carbonyl (C=O) groups is 1. The number of hydrogen-bond acceptors (Lipinski definition) is 3. The summed E-state index contributed by atoms with van der Waals surface area (Å²) in [6.07, 6.45) is 3.80. The normalized spacial score (nSPS) is 14.2. The Balaban J connectivity index is 1.45. The molecule has 0 unspecified atom stereocenters. The molecule has 5 heteroatoms. The molecule has 0 aliphatic carbocycles. The zero-order chi connectivity index (χ0) is 17.5. The number of para-hydroxylation sites is 1. The summed E-state index contributed by atoms with van der Waals surface area (Å²) >= 11 is 6.02. The topological polar surface area (TPSA) is 41.6 Å². The SMILES string of the molecule is O=C(NCCOc1ccccc1Cl)c1ccc(N2CCCCC2)cc1. The van der Waals surface area contributed by atoms with Crippen molar-refractivity contribution in [2.75, 3.05) is 31.1 Å². The maximum atomic E-state index is 12.2. The van der Waals surface area contributed by atoms with E-state index in [4.69, 9.17) is 16.3 Å². The molecule has 1 aliphatic heterocycles. The van der Waals surface area contributed by atoms with E-state index < -0.39 is 0 Å². The second-order valence-electron chi connectivity index (χ2n) is 6.13. The van der Waals surface area contributed by atoms with E-state index in [2.05, 4.69) is 10.2 Å². The molecule has 0 aromatic heterocycles. The number of ether oxygens (including phenoxy) is 1. The maximum Gasteiger partial charge on any atom is 0.251 e. The average Bonchev–Trinajstić information content (AvgIpc) is 2.67. The van der Waals surface area contributed by atoms with Crippen LogP contribution in [0.5, 0.6) is 5.75 Å². The number of nitrogens with zero attached hydrogens (tertiary/aromatic N) is 1. The Bertz CT molecular complexity index is 697. The van der Waals surface area contributed by atoms with Crippen LogP contribution >= 0.6 is 11.6 Å². The van der Waals surface area contributed by atoms with Gasteiger partial charge < -0.3 is 15.0 Å². The molecule has 1 fully saturated rings. The number of carbonyl (C=O) groups excluding carboxylic acids is 1. The number of rotatable bonds is 6. The number of amides is 1. The Morgan fingerprint density at radius 2 is 1.76 bits per heavy atom. The Hall–Kier alpha value is -2.20. The minimum Gasteiger partial charge on any atom is -0.490 e. The van der Waals surface area contributed by atoms with Crippen molar-refractivity contribution in [2.45, 2.75) is 19.3 Å². The average molecular weight is 359 g/mol. The van der Waals surface area contributed by atoms with Gasteiger partial charge in [-0.1, -0.05) is 23.7 Å². The first kappa shape index (κ1) is 17.6. The molecule has 0 bridgehead atoms. The summed E-state index contributed by atoms with van der Waals surface area (Å²) in [4.78, 5) is 14.6. The first-order chi connectivity index (χ1) is 12.2. The molecule has 4 nitrogen and oxygen atoms in total. The van der Waals surface area contributed by atoms with Crippen LogP contribution in [0, 0.1) is 0 Å². The van der Waals surface area contributed by atoms with Gasteiger partial charge in [0.15, 0.2) is 0 Å². The monoisotopic (exact) mass is 358 g/mol. The summed E-state index contributed by atoms with van der Waals surface area (Å²) in [6, 6.07) is 15.1. The summed E-state index contributed by atoms with van der Waals surface area (Å²) < 4.78 is 5.57. The summed E-state index contributed by atoms with van der Waals surface area (Å²) in [5, 5.41) is 3.44. The Labute approximate surface area is 153 Å². The van der Waals surface area contributed by atoms with Gasteiger partial charge in [0.05, 0.1) is 11.6 Å². The van der Waals surface area contributed by atoms with E-state index in [9.17, 15) is 4.79 Å². The number of halogens is 1. The zero-order valence-electron chi connectivity index (χ0n) is 14.2. The summed E-state index contributed by atoms with van der Waals surface area (Å²) in [5.74, 6) is 0.539. The first-order valence-electron chi connectivity index (χ1n) is 8.74. The lowest BCUT2D eigenvalue weighted by molar-refractivity contribution is 0.0947. The van der Waals surface area contributed by atoms with Gasteiger partial charge >= 0.3 is 0 Å². The molecule has 2 aromatic rings. The Morgan fingerprint density at radius 1 is 1.04 bits per heavy atom. The van der Waals surface area contributed by atoms with Crippen molar-refractivity contribution < 1.29 is 9.53 Å². The van der Waals surface area contributed by atoms with Crippen LogP contribution in [0.15, 0.2) is 48.5 Å². The van der Waals surface area contributed by atoms with Crippen molar-refractivity contribution >= 4 is 23.2 Å². The first-order valence-corrected chi connectivity index (χ1v) is 9.12. The van der Waals surface area contributed by atoms with Crippen LogP contribution < -0.4 is 15.0 Å². The van der Waals surface area contributed by atoms with E-state index in [1.165, 1.54) is 24.9 Å². The van der Waals surface area contributed by atoms with Crippen LogP contribution in [0.2, 0.25) is 5.02 Å². The van der Waals surface area contributed by atoms with Crippen molar-refractivity contribution in [1.82, 2.24) is 5.32 Å². The van der Waals surface area contributed by atoms with Crippen molar-refractivity contribution in [1.29, 1.82) is 0 Å². The van der Waals surface area contributed by atoms with E-state index in [1.807, 2.05) is 42.5 Å². The zero-order valence-corrected chi connectivity index (χ0v) is 15.0. The molecule has 0 spiro atoms. The summed E-state index contributed by atoms with van der Waals surface area (Å²) in [7, 11) is 0. The lowest BCUT2D eigenvalue weighted by Gasteiger charge is -2.28. The third kappa shape index (κ3) is 4.89. The smallest absolute Gasteiger partial charge is 0.251 e. The number of piperidine rings is 1. The molecule has 0 radical (unpaired) electrons. The lowest BCUT2D eigenvalue weighted by atomic mass is 10.1. The van der Waals surface area contributed by atoms with E-state index in [0.717, 1.165) is 13.1 Å². The minimum absolute atomic E-state index is 0.0899. The summed E-state index contributed by atoms with van der Waals surface area (Å²) in [5.41, 5.74) is 1.86. The molecule has 3 rings (SSSR count). The number of nitrogens with one attached hydrogen (secondary N) is 1. The molecule has 132 valence electrons. The predicted octanol–water partition coefficient (Wildman–Crippen LogP) is 4.14. The Morgan fingerprint density at radius 3 is 2.48 bits per heavy atom. The van der Waals surface area contributed by atoms with Crippen LogP contribution in [-0.2, 0) is 0 Å². The van der Waals surface area contributed by atoms with E-state index in [1.54, 1.807) is 6.07 Å². The van der Waals surface area contributed by atoms with Crippen LogP contribution in [0.3, 0.4) is 0 Å². The highest BCUT2D eigenvalue weighted by molar-refractivity contribution is 6.32. The fourth-order valence-corrected chi connectivity index (χ4v) is 3.16. The van der Waals surface area contributed by atoms with Crippen molar-refractivity contribution in [3.05, 3.63) is 59.1 Å². The number of benzene rings is 2. The van der Waals surface area contributed by atoms with Gasteiger partial charge in [0.1, 0.15) is 12.4 Å². The molecular weight excluding hydrogens is 336 g/mol. The van der Waals surface area contributed by atoms with Gasteiger partial charge in [-0.2, -0.15) is 0 Å². The molecule has 0 atom stereocenters. The third-order valence-corrected chi connectivity index (χ3v) is 4.64. The molecule has 1 amide bonds. The van der Waals surface area contributed by atoms with Crippen LogP contribution in [-0.4, -0.2) is 32.1 Å². The van der Waals surface area contributed by atoms with E-state index in [-0.39, 0.29) is 5.91 Å². The molecule has 1 heterocycles. The fraction of sp³-hybridized carbons (Fsp3) is 0.350. The van der Waals surface area contributed by atoms with Crippen molar-refractivity contribution in [2.24, 2.45) is 0 Å². The van der Waals surface area contributed by atoms with Gasteiger partial charge in [0, 0.05) is 24.3 Å². The third-order valence-electron chi connectivity index (χ3n) is 4.33. The van der Waals surface area contributed by atoms with Gasteiger partial charge in [-0.3, -0.25) is 4.79 Å². The number of anilines is 1. The van der Waals surface area contributed by atoms with Crippen LogP contribution in [0.25, 0.3) is 0 Å². The molecule has 2 aromatic carbocycles. The second-order valence-corrected chi connectivity index (χ2v) is 6.54. The van der Waals surface area contributed by atoms with Gasteiger partial charge in [0.25, 0.3) is 5.91 Å². The maximum absolute atomic E-state index is 12.2. The van der Waals surface area contributed by atoms with Crippen molar-refractivity contribution in [3.8, 4) is 5.75 Å². The van der Waals surface area contributed by atoms with Gasteiger partial charge in [0.2, 0.25) is 0 Å². The van der Waals surface area contributed by atoms with Crippen LogP contribution in [0.4, 0.5) is 5.69 Å². The highest BCUT2D eigenvalue weighted by Gasteiger charge is 2.12. The van der Waals surface area contributed by atoms with Crippen LogP contribution in [0.1, 0.15) is 29.6 Å². The fourth-order valence-electron chi connectivity index (χ4n) is 2.97. The quantitative estimate of drug-likeness (QED) is 0.789. The second kappa shape index (κ2) is 8.77. The van der Waals surface area contributed by atoms with E-state index >= 15 is 0 Å². The minimum atomic E-state index is -0.0899. The van der Waals surface area contributed by atoms with Crippen molar-refractivity contribution in [3.63, 3.8) is 0 Å². The molecule has 1 aliphatic rings. The lowest BCUT2D eigenvalue weighted by Crippen LogP contribution is -2.30. The van der Waals surface area contributed by atoms with Gasteiger partial charge in [-0.05, 0) is 55.7 Å². The molecule has 1 saturated heterocycles. The molecule has 1 N–H and O–H groups in total. The number of hydrogen-bond donors (Lipinski definition) is 1. The standard InChI is InChI=1S/C20H23ClN2O2/c21-18-6-2-3-7-19(18)25-15-12-22-20(24)16-8-10-17(11-9-16)23-13-4-1-5-14-23/h2-3,6-11H,1,4-5,12-15H2,(H,22,24). The highest BCUT2D eigenvalue weighted by atomic mass is 35.5. The molecule has 25 heavy (non-hydrogen) atoms. The van der Waals surface area contributed by atoms with Gasteiger partial charge in [-0.25, -0.2) is 0 Å². The van der Waals surface area contributed by atoms with Gasteiger partial charge in [-0.15, -0.1) is 0 Å². The Kier molecular flexibility index (Phi) is 6.18. The summed E-state index contributed by atoms with van der Waals surface area (Å²) in [6.45, 7) is 3.01. The molecular formula is C20H23ClN2O2. The molecule has 0 saturated carbocycles. The predicted molar refractivity (Wildman–Crippen MR) is 102 cm³/mol. The van der Waals surface area contributed by atoms with E-state index in [0.29, 0.717) is 29.5 Å².